The number of aromatic nitrogens is 1. The molecule has 0 bridgehead atoms. The zero-order valence-electron chi connectivity index (χ0n) is 18.7. The summed E-state index contributed by atoms with van der Waals surface area (Å²) in [6.07, 6.45) is 0. The average molecular weight is 433 g/mol. The lowest BCUT2D eigenvalue weighted by Crippen LogP contribution is -1.87. The van der Waals surface area contributed by atoms with Gasteiger partial charge in [0, 0.05) is 23.5 Å². The van der Waals surface area contributed by atoms with Gasteiger partial charge in [-0.3, -0.25) is 0 Å². The Bertz CT molecular complexity index is 1950. The quantitative estimate of drug-likeness (QED) is 0.181. The van der Waals surface area contributed by atoms with Crippen LogP contribution in [0.25, 0.3) is 70.1 Å². The van der Waals surface area contributed by atoms with Gasteiger partial charge in [-0.15, -0.1) is 0 Å². The van der Waals surface area contributed by atoms with Gasteiger partial charge in [0.1, 0.15) is 0 Å². The first-order valence-electron chi connectivity index (χ1n) is 11.5. The first-order chi connectivity index (χ1) is 16.7. The molecule has 2 heteroatoms. The van der Waals surface area contributed by atoms with E-state index in [1.165, 1.54) is 54.3 Å². The van der Waals surface area contributed by atoms with Crippen molar-refractivity contribution in [3.05, 3.63) is 115 Å². The van der Waals surface area contributed by atoms with Gasteiger partial charge >= 0.3 is 0 Å². The molecular formula is C32H20N2. The second-order valence-corrected chi connectivity index (χ2v) is 8.96. The van der Waals surface area contributed by atoms with Gasteiger partial charge in [0.15, 0.2) is 5.69 Å². The first kappa shape index (κ1) is 18.9. The summed E-state index contributed by atoms with van der Waals surface area (Å²) in [6.45, 7) is 7.43. The molecular weight excluding hydrogens is 412 g/mol. The van der Waals surface area contributed by atoms with Crippen LogP contribution in [0, 0.1) is 6.57 Å². The summed E-state index contributed by atoms with van der Waals surface area (Å²) < 4.78 is 2.21. The molecule has 1 heterocycles. The van der Waals surface area contributed by atoms with Crippen molar-refractivity contribution in [2.75, 3.05) is 0 Å². The van der Waals surface area contributed by atoms with Crippen molar-refractivity contribution in [3.8, 4) is 11.1 Å². The normalized spacial score (nSPS) is 11.6. The molecule has 6 aromatic carbocycles. The second-order valence-electron chi connectivity index (χ2n) is 8.96. The highest BCUT2D eigenvalue weighted by Crippen LogP contribution is 2.38. The van der Waals surface area contributed by atoms with Crippen LogP contribution in [-0.2, 0) is 7.05 Å². The maximum atomic E-state index is 7.43. The Hall–Kier alpha value is -4.61. The molecule has 0 aliphatic rings. The van der Waals surface area contributed by atoms with Crippen molar-refractivity contribution >= 4 is 59.8 Å². The molecule has 0 aliphatic heterocycles. The largest absolute Gasteiger partial charge is 0.344 e. The number of fused-ring (bicyclic) bond motifs is 9. The molecule has 0 amide bonds. The van der Waals surface area contributed by atoms with Crippen molar-refractivity contribution in [2.45, 2.75) is 0 Å². The second kappa shape index (κ2) is 6.94. The van der Waals surface area contributed by atoms with Gasteiger partial charge in [-0.1, -0.05) is 72.8 Å². The number of benzene rings is 6. The van der Waals surface area contributed by atoms with Gasteiger partial charge in [-0.2, -0.15) is 0 Å². The Morgan fingerprint density at radius 3 is 1.59 bits per heavy atom. The molecule has 0 saturated heterocycles. The summed E-state index contributed by atoms with van der Waals surface area (Å²) in [5.41, 5.74) is 5.39. The lowest BCUT2D eigenvalue weighted by molar-refractivity contribution is 1.01. The molecule has 0 fully saturated rings. The Labute approximate surface area is 197 Å². The lowest BCUT2D eigenvalue weighted by Gasteiger charge is -2.12. The highest BCUT2D eigenvalue weighted by molar-refractivity contribution is 6.25. The van der Waals surface area contributed by atoms with Gasteiger partial charge in [0.05, 0.1) is 6.57 Å². The molecule has 0 radical (unpaired) electrons. The number of hydrogen-bond acceptors (Lipinski definition) is 0. The van der Waals surface area contributed by atoms with E-state index in [9.17, 15) is 0 Å². The highest BCUT2D eigenvalue weighted by atomic mass is 14.9. The summed E-state index contributed by atoms with van der Waals surface area (Å²) in [5.74, 6) is 0. The maximum Gasteiger partial charge on any atom is 0.188 e. The summed E-state index contributed by atoms with van der Waals surface area (Å²) in [6, 6.07) is 36.9. The van der Waals surface area contributed by atoms with Crippen LogP contribution in [0.15, 0.2) is 103 Å². The van der Waals surface area contributed by atoms with Crippen LogP contribution in [0.3, 0.4) is 0 Å². The van der Waals surface area contributed by atoms with Crippen LogP contribution in [-0.4, -0.2) is 4.57 Å². The summed E-state index contributed by atoms with van der Waals surface area (Å²) in [7, 11) is 2.09. The Morgan fingerprint density at radius 1 is 0.500 bits per heavy atom. The minimum atomic E-state index is 0.675. The first-order valence-corrected chi connectivity index (χ1v) is 11.5. The van der Waals surface area contributed by atoms with E-state index in [2.05, 4.69) is 107 Å². The van der Waals surface area contributed by atoms with Crippen LogP contribution >= 0.6 is 0 Å². The predicted octanol–water partition coefficient (Wildman–Crippen LogP) is 9.01. The van der Waals surface area contributed by atoms with Crippen LogP contribution in [0.2, 0.25) is 0 Å². The van der Waals surface area contributed by atoms with Gasteiger partial charge in [-0.25, -0.2) is 4.85 Å². The SMILES string of the molecule is [C-]#[N+]c1ccc2c(c1)c1cc(-c3ccc4c5ccccc5c5ccccc5c4c3)ccc1n2C. The summed E-state index contributed by atoms with van der Waals surface area (Å²) in [5, 5.41) is 10.0. The topological polar surface area (TPSA) is 9.29 Å². The number of rotatable bonds is 1. The average Bonchev–Trinajstić information content (AvgIpc) is 3.19. The Balaban J connectivity index is 1.53. The van der Waals surface area contributed by atoms with Gasteiger partial charge in [-0.05, 0) is 79.2 Å². The minimum absolute atomic E-state index is 0.675. The van der Waals surface area contributed by atoms with Crippen LogP contribution in [0.1, 0.15) is 0 Å². The number of hydrogen-bond donors (Lipinski definition) is 0. The third-order valence-corrected chi connectivity index (χ3v) is 7.20. The predicted molar refractivity (Wildman–Crippen MR) is 145 cm³/mol. The van der Waals surface area contributed by atoms with Crippen molar-refractivity contribution in [2.24, 2.45) is 7.05 Å². The maximum absolute atomic E-state index is 7.43. The van der Waals surface area contributed by atoms with Gasteiger partial charge in [0.2, 0.25) is 0 Å². The Kier molecular flexibility index (Phi) is 3.86. The van der Waals surface area contributed by atoms with E-state index in [0.717, 1.165) is 10.9 Å². The molecule has 2 nitrogen and oxygen atoms in total. The highest BCUT2D eigenvalue weighted by Gasteiger charge is 2.12. The molecule has 0 N–H and O–H groups in total. The van der Waals surface area contributed by atoms with Crippen molar-refractivity contribution in [1.82, 2.24) is 4.57 Å². The van der Waals surface area contributed by atoms with Crippen molar-refractivity contribution < 1.29 is 0 Å². The summed E-state index contributed by atoms with van der Waals surface area (Å²) in [4.78, 5) is 3.65. The van der Waals surface area contributed by atoms with E-state index in [4.69, 9.17) is 6.57 Å². The van der Waals surface area contributed by atoms with E-state index >= 15 is 0 Å². The molecule has 1 aromatic heterocycles. The fourth-order valence-corrected chi connectivity index (χ4v) is 5.54. The standard InChI is InChI=1S/C32H20N2/c1-33-22-13-16-32-30(19-22)29-18-21(12-15-31(29)34(32)2)20-11-14-27-25-9-4-3-7-23(25)24-8-5-6-10-26(24)28(27)17-20/h3-19H,2H3. The van der Waals surface area contributed by atoms with Crippen LogP contribution in [0.5, 0.6) is 0 Å². The smallest absolute Gasteiger partial charge is 0.188 e. The molecule has 7 rings (SSSR count). The minimum Gasteiger partial charge on any atom is -0.344 e. The molecule has 0 atom stereocenters. The molecule has 0 unspecified atom stereocenters. The van der Waals surface area contributed by atoms with Gasteiger partial charge < -0.3 is 4.57 Å². The summed E-state index contributed by atoms with van der Waals surface area (Å²) >= 11 is 0. The number of aryl methyl sites for hydroxylation is 1. The molecule has 0 aliphatic carbocycles. The molecule has 158 valence electrons. The molecule has 7 aromatic rings. The lowest BCUT2D eigenvalue weighted by atomic mass is 9.92. The van der Waals surface area contributed by atoms with Crippen LogP contribution in [0.4, 0.5) is 5.69 Å². The third kappa shape index (κ3) is 2.56. The van der Waals surface area contributed by atoms with Crippen molar-refractivity contribution in [3.63, 3.8) is 0 Å². The van der Waals surface area contributed by atoms with Gasteiger partial charge in [0.25, 0.3) is 0 Å². The van der Waals surface area contributed by atoms with E-state index < -0.39 is 0 Å². The Morgan fingerprint density at radius 2 is 0.971 bits per heavy atom. The zero-order chi connectivity index (χ0) is 22.8. The third-order valence-electron chi connectivity index (χ3n) is 7.20. The fraction of sp³-hybridized carbons (Fsp3) is 0.0312. The zero-order valence-corrected chi connectivity index (χ0v) is 18.7. The van der Waals surface area contributed by atoms with E-state index in [-0.39, 0.29) is 0 Å². The van der Waals surface area contributed by atoms with E-state index in [1.807, 2.05) is 12.1 Å². The van der Waals surface area contributed by atoms with E-state index in [1.54, 1.807) is 0 Å². The van der Waals surface area contributed by atoms with Crippen LogP contribution < -0.4 is 0 Å². The number of nitrogens with zero attached hydrogens (tertiary/aromatic N) is 2. The fourth-order valence-electron chi connectivity index (χ4n) is 5.54. The molecule has 0 spiro atoms. The molecule has 34 heavy (non-hydrogen) atoms. The monoisotopic (exact) mass is 432 g/mol. The molecule has 0 saturated carbocycles. The van der Waals surface area contributed by atoms with Crippen molar-refractivity contribution in [1.29, 1.82) is 0 Å². The van der Waals surface area contributed by atoms with E-state index in [0.29, 0.717) is 5.69 Å².